The molecule has 1 saturated heterocycles. The zero-order valence-corrected chi connectivity index (χ0v) is 19.5. The molecule has 180 valence electrons. The van der Waals surface area contributed by atoms with Crippen molar-refractivity contribution in [1.82, 2.24) is 28.7 Å². The van der Waals surface area contributed by atoms with E-state index in [1.54, 1.807) is 6.07 Å². The van der Waals surface area contributed by atoms with Crippen molar-refractivity contribution in [3.05, 3.63) is 69.9 Å². The Kier molecular flexibility index (Phi) is 5.77. The van der Waals surface area contributed by atoms with Gasteiger partial charge in [0, 0.05) is 52.0 Å². The second-order valence-corrected chi connectivity index (χ2v) is 8.37. The van der Waals surface area contributed by atoms with Crippen LogP contribution < -0.4 is 26.4 Å². The Bertz CT molecular complexity index is 1500. The molecule has 1 aromatic carbocycles. The standard InChI is InChI=1S/C23H25N9O3/c1-28-21-20(22(34)29(2)23(28)35)32(15-26-21)13-19(33)27-17-12-18(25-14-24-17)31-10-8-30(9-11-31)16-6-4-3-5-7-16/h3-7,12,14-15H,8-11,13H2,1-2H3,(H,24,25,27,33). The highest BCUT2D eigenvalue weighted by Gasteiger charge is 2.20. The van der Waals surface area contributed by atoms with E-state index in [9.17, 15) is 14.4 Å². The van der Waals surface area contributed by atoms with E-state index < -0.39 is 11.2 Å². The largest absolute Gasteiger partial charge is 0.368 e. The quantitative estimate of drug-likeness (QED) is 0.434. The number of fused-ring (bicyclic) bond motifs is 1. The van der Waals surface area contributed by atoms with Crippen molar-refractivity contribution < 1.29 is 4.79 Å². The van der Waals surface area contributed by atoms with Gasteiger partial charge in [-0.15, -0.1) is 0 Å². The van der Waals surface area contributed by atoms with E-state index in [-0.39, 0.29) is 23.6 Å². The van der Waals surface area contributed by atoms with Gasteiger partial charge in [0.15, 0.2) is 11.2 Å². The number of amides is 1. The second-order valence-electron chi connectivity index (χ2n) is 8.37. The number of carbonyl (C=O) groups excluding carboxylic acids is 1. The minimum atomic E-state index is -0.507. The van der Waals surface area contributed by atoms with E-state index in [0.717, 1.165) is 36.6 Å². The molecule has 1 aliphatic rings. The summed E-state index contributed by atoms with van der Waals surface area (Å²) < 4.78 is 3.70. The van der Waals surface area contributed by atoms with Gasteiger partial charge in [0.2, 0.25) is 5.91 Å². The number of benzene rings is 1. The summed E-state index contributed by atoms with van der Waals surface area (Å²) in [5, 5.41) is 2.77. The molecule has 35 heavy (non-hydrogen) atoms. The minimum Gasteiger partial charge on any atom is -0.368 e. The van der Waals surface area contributed by atoms with E-state index >= 15 is 0 Å². The van der Waals surface area contributed by atoms with Crippen LogP contribution in [-0.4, -0.2) is 60.7 Å². The van der Waals surface area contributed by atoms with Gasteiger partial charge in [0.05, 0.1) is 6.33 Å². The van der Waals surface area contributed by atoms with Gasteiger partial charge in [-0.3, -0.25) is 18.7 Å². The zero-order chi connectivity index (χ0) is 24.5. The number of hydrogen-bond donors (Lipinski definition) is 1. The molecule has 4 aromatic rings. The van der Waals surface area contributed by atoms with E-state index in [0.29, 0.717) is 5.82 Å². The molecule has 0 saturated carbocycles. The van der Waals surface area contributed by atoms with E-state index in [4.69, 9.17) is 0 Å². The topological polar surface area (TPSA) is 123 Å². The number of nitrogens with one attached hydrogen (secondary N) is 1. The number of rotatable bonds is 5. The molecule has 12 heteroatoms. The molecule has 1 fully saturated rings. The Morgan fingerprint density at radius 2 is 1.66 bits per heavy atom. The van der Waals surface area contributed by atoms with Gasteiger partial charge in [0.25, 0.3) is 5.56 Å². The lowest BCUT2D eigenvalue weighted by Gasteiger charge is -2.36. The molecule has 12 nitrogen and oxygen atoms in total. The lowest BCUT2D eigenvalue weighted by molar-refractivity contribution is -0.116. The summed E-state index contributed by atoms with van der Waals surface area (Å²) in [6, 6.07) is 12.0. The summed E-state index contributed by atoms with van der Waals surface area (Å²) in [6.45, 7) is 3.16. The van der Waals surface area contributed by atoms with Gasteiger partial charge in [-0.2, -0.15) is 0 Å². The zero-order valence-electron chi connectivity index (χ0n) is 19.5. The number of para-hydroxylation sites is 1. The molecule has 1 N–H and O–H groups in total. The Morgan fingerprint density at radius 1 is 0.943 bits per heavy atom. The highest BCUT2D eigenvalue weighted by molar-refractivity contribution is 5.90. The number of aromatic nitrogens is 6. The summed E-state index contributed by atoms with van der Waals surface area (Å²) in [4.78, 5) is 54.6. The predicted octanol–water partition coefficient (Wildman–Crippen LogP) is 0.189. The normalized spacial score (nSPS) is 13.9. The lowest BCUT2D eigenvalue weighted by atomic mass is 10.2. The Labute approximate surface area is 200 Å². The van der Waals surface area contributed by atoms with Crippen molar-refractivity contribution in [3.63, 3.8) is 0 Å². The summed E-state index contributed by atoms with van der Waals surface area (Å²) >= 11 is 0. The maximum atomic E-state index is 12.7. The first-order valence-corrected chi connectivity index (χ1v) is 11.2. The van der Waals surface area contributed by atoms with Crippen LogP contribution in [0.2, 0.25) is 0 Å². The maximum absolute atomic E-state index is 12.7. The van der Waals surface area contributed by atoms with Gasteiger partial charge < -0.3 is 19.7 Å². The molecule has 1 amide bonds. The molecule has 1 aliphatic heterocycles. The highest BCUT2D eigenvalue weighted by Crippen LogP contribution is 2.20. The van der Waals surface area contributed by atoms with Gasteiger partial charge in [-0.1, -0.05) is 18.2 Å². The average molecular weight is 476 g/mol. The second kappa shape index (κ2) is 9.05. The number of piperazine rings is 1. The SMILES string of the molecule is Cn1c(=O)c2c(ncn2CC(=O)Nc2cc(N3CCN(c4ccccc4)CC3)ncn2)n(C)c1=O. The van der Waals surface area contributed by atoms with Crippen molar-refractivity contribution in [2.45, 2.75) is 6.54 Å². The van der Waals surface area contributed by atoms with Crippen LogP contribution in [0.25, 0.3) is 11.2 Å². The van der Waals surface area contributed by atoms with Crippen LogP contribution in [0.4, 0.5) is 17.3 Å². The molecule has 5 rings (SSSR count). The van der Waals surface area contributed by atoms with E-state index in [1.165, 1.54) is 41.6 Å². The number of imidazole rings is 1. The molecule has 0 spiro atoms. The summed E-state index contributed by atoms with van der Waals surface area (Å²) in [6.07, 6.45) is 2.80. The van der Waals surface area contributed by atoms with Crippen molar-refractivity contribution >= 4 is 34.4 Å². The Morgan fingerprint density at radius 3 is 2.40 bits per heavy atom. The van der Waals surface area contributed by atoms with E-state index in [1.807, 2.05) is 18.2 Å². The van der Waals surface area contributed by atoms with Crippen LogP contribution in [0.3, 0.4) is 0 Å². The summed E-state index contributed by atoms with van der Waals surface area (Å²) in [7, 11) is 2.92. The first kappa shape index (κ1) is 22.3. The molecule has 4 heterocycles. The Balaban J connectivity index is 1.27. The molecular weight excluding hydrogens is 450 g/mol. The fourth-order valence-electron chi connectivity index (χ4n) is 4.27. The van der Waals surface area contributed by atoms with Crippen LogP contribution in [0, 0.1) is 0 Å². The molecular formula is C23H25N9O3. The highest BCUT2D eigenvalue weighted by atomic mass is 16.2. The monoisotopic (exact) mass is 475 g/mol. The molecule has 3 aromatic heterocycles. The Hall–Kier alpha value is -4.48. The first-order valence-electron chi connectivity index (χ1n) is 11.2. The van der Waals surface area contributed by atoms with Crippen molar-refractivity contribution in [1.29, 1.82) is 0 Å². The van der Waals surface area contributed by atoms with Crippen molar-refractivity contribution in [3.8, 4) is 0 Å². The number of hydrogen-bond acceptors (Lipinski definition) is 8. The summed E-state index contributed by atoms with van der Waals surface area (Å²) in [5.74, 6) is 0.730. The van der Waals surface area contributed by atoms with Crippen LogP contribution in [0.15, 0.2) is 58.6 Å². The number of carbonyl (C=O) groups is 1. The van der Waals surface area contributed by atoms with Crippen molar-refractivity contribution in [2.24, 2.45) is 14.1 Å². The van der Waals surface area contributed by atoms with Crippen molar-refractivity contribution in [2.75, 3.05) is 41.3 Å². The fraction of sp³-hybridized carbons (Fsp3) is 0.304. The number of nitrogens with zero attached hydrogens (tertiary/aromatic N) is 8. The summed E-state index contributed by atoms with van der Waals surface area (Å²) in [5.41, 5.74) is 0.627. The van der Waals surface area contributed by atoms with Gasteiger partial charge in [-0.25, -0.2) is 19.7 Å². The maximum Gasteiger partial charge on any atom is 0.332 e. The number of aryl methyl sites for hydroxylation is 1. The van der Waals surface area contributed by atoms with Crippen LogP contribution in [0.1, 0.15) is 0 Å². The van der Waals surface area contributed by atoms with E-state index in [2.05, 4.69) is 42.2 Å². The van der Waals surface area contributed by atoms with Gasteiger partial charge in [0.1, 0.15) is 24.5 Å². The molecule has 0 atom stereocenters. The minimum absolute atomic E-state index is 0.154. The first-order chi connectivity index (χ1) is 16.9. The third-order valence-corrected chi connectivity index (χ3v) is 6.18. The van der Waals surface area contributed by atoms with Crippen LogP contribution in [0.5, 0.6) is 0 Å². The van der Waals surface area contributed by atoms with Crippen LogP contribution in [-0.2, 0) is 25.4 Å². The molecule has 0 bridgehead atoms. The number of anilines is 3. The van der Waals surface area contributed by atoms with Crippen LogP contribution >= 0.6 is 0 Å². The molecule has 0 unspecified atom stereocenters. The third-order valence-electron chi connectivity index (χ3n) is 6.18. The lowest BCUT2D eigenvalue weighted by Crippen LogP contribution is -2.46. The van der Waals surface area contributed by atoms with Gasteiger partial charge in [-0.05, 0) is 12.1 Å². The molecule has 0 radical (unpaired) electrons. The molecule has 0 aliphatic carbocycles. The average Bonchev–Trinajstić information content (AvgIpc) is 3.30. The smallest absolute Gasteiger partial charge is 0.332 e. The predicted molar refractivity (Wildman–Crippen MR) is 132 cm³/mol. The fourth-order valence-corrected chi connectivity index (χ4v) is 4.27. The third kappa shape index (κ3) is 4.25. The van der Waals surface area contributed by atoms with Gasteiger partial charge >= 0.3 is 5.69 Å².